The van der Waals surface area contributed by atoms with Crippen LogP contribution in [0.2, 0.25) is 5.02 Å². The van der Waals surface area contributed by atoms with Crippen LogP contribution in [0.1, 0.15) is 28.7 Å². The van der Waals surface area contributed by atoms with E-state index in [0.717, 1.165) is 23.4 Å². The van der Waals surface area contributed by atoms with Gasteiger partial charge in [0, 0.05) is 50.3 Å². The van der Waals surface area contributed by atoms with Gasteiger partial charge in [-0.1, -0.05) is 50.1 Å². The summed E-state index contributed by atoms with van der Waals surface area (Å²) in [7, 11) is -9.68. The zero-order valence-electron chi connectivity index (χ0n) is 21.5. The molecule has 1 N–H and O–H groups in total. The number of hydrogen-bond acceptors (Lipinski definition) is 4. The molecular weight excluding hydrogens is 573 g/mol. The first-order chi connectivity index (χ1) is 18.7. The molecule has 5 rings (SSSR count). The lowest BCUT2D eigenvalue weighted by Crippen LogP contribution is -2.46. The van der Waals surface area contributed by atoms with Gasteiger partial charge >= 0.3 is 10.2 Å². The summed E-state index contributed by atoms with van der Waals surface area (Å²) in [6.45, 7) is 4.52. The Morgan fingerprint density at radius 2 is 1.43 bits per heavy atom. The van der Waals surface area contributed by atoms with Gasteiger partial charge in [0.15, 0.2) is 0 Å². The predicted octanol–water partition coefficient (Wildman–Crippen LogP) is 7.46. The minimum atomic E-state index is -9.68. The first-order valence-corrected chi connectivity index (χ1v) is 14.9. The number of carbonyl (C=O) groups is 1. The molecule has 3 heterocycles. The summed E-state index contributed by atoms with van der Waals surface area (Å²) in [4.78, 5) is 19.7. The number of pyridine rings is 1. The molecule has 0 bridgehead atoms. The van der Waals surface area contributed by atoms with E-state index in [-0.39, 0.29) is 5.91 Å². The standard InChI is InChI=1S/C27H27ClF5N5OS/c1-2-24-26(38-18-20(28)5-12-25(38)35-24)27(39)34-17-19-3-6-21(7-4-19)36-13-15-37(16-14-36)22-8-10-23(11-9-22)40(29,30,31,32)33/h3-12,18H,2,13-17H2,1H3,(H,34,39). The number of halogens is 6. The van der Waals surface area contributed by atoms with E-state index < -0.39 is 15.1 Å². The SMILES string of the molecule is CCc1nc2ccc(Cl)cn2c1C(=O)NCc1ccc(N2CCN(c3ccc(S(F)(F)(F)(F)F)cc3)CC2)cc1. The molecule has 0 spiro atoms. The van der Waals surface area contributed by atoms with E-state index in [1.807, 2.05) is 36.1 Å². The quantitative estimate of drug-likeness (QED) is 0.224. The molecule has 0 saturated carbocycles. The van der Waals surface area contributed by atoms with E-state index in [4.69, 9.17) is 11.6 Å². The zero-order chi connectivity index (χ0) is 28.8. The van der Waals surface area contributed by atoms with Crippen LogP contribution in [0.25, 0.3) is 5.65 Å². The first-order valence-electron chi connectivity index (χ1n) is 12.6. The Kier molecular flexibility index (Phi) is 6.69. The van der Waals surface area contributed by atoms with Gasteiger partial charge < -0.3 is 15.1 Å². The second kappa shape index (κ2) is 9.55. The van der Waals surface area contributed by atoms with Crippen molar-refractivity contribution in [3.8, 4) is 0 Å². The van der Waals surface area contributed by atoms with Gasteiger partial charge in [-0.25, -0.2) is 4.98 Å². The van der Waals surface area contributed by atoms with E-state index in [2.05, 4.69) is 15.2 Å². The summed E-state index contributed by atoms with van der Waals surface area (Å²) in [6.07, 6.45) is 2.27. The van der Waals surface area contributed by atoms with Crippen molar-refractivity contribution in [2.45, 2.75) is 24.8 Å². The highest BCUT2D eigenvalue weighted by Crippen LogP contribution is 3.02. The van der Waals surface area contributed by atoms with Gasteiger partial charge in [-0.3, -0.25) is 9.20 Å². The molecule has 0 unspecified atom stereocenters. The van der Waals surface area contributed by atoms with Crippen LogP contribution in [0.5, 0.6) is 0 Å². The van der Waals surface area contributed by atoms with E-state index in [1.165, 1.54) is 0 Å². The fourth-order valence-electron chi connectivity index (χ4n) is 4.78. The monoisotopic (exact) mass is 599 g/mol. The largest absolute Gasteiger partial charge is 0.368 e. The molecule has 214 valence electrons. The van der Waals surface area contributed by atoms with Crippen molar-refractivity contribution in [2.24, 2.45) is 0 Å². The average Bonchev–Trinajstić information content (AvgIpc) is 3.29. The topological polar surface area (TPSA) is 52.9 Å². The van der Waals surface area contributed by atoms with E-state index in [9.17, 15) is 24.2 Å². The highest BCUT2D eigenvalue weighted by atomic mass is 35.5. The minimum absolute atomic E-state index is 0.250. The van der Waals surface area contributed by atoms with E-state index in [1.54, 1.807) is 22.7 Å². The summed E-state index contributed by atoms with van der Waals surface area (Å²) in [5.74, 6) is -0.250. The molecule has 4 aromatic rings. The van der Waals surface area contributed by atoms with Gasteiger partial charge in [-0.15, -0.1) is 0 Å². The maximum absolute atomic E-state index is 13.0. The Bertz CT molecular complexity index is 1550. The Morgan fingerprint density at radius 1 is 0.875 bits per heavy atom. The maximum Gasteiger partial charge on any atom is 0.310 e. The van der Waals surface area contributed by atoms with Crippen molar-refractivity contribution in [1.82, 2.24) is 14.7 Å². The number of carbonyl (C=O) groups excluding carboxylic acids is 1. The van der Waals surface area contributed by atoms with Crippen molar-refractivity contribution in [3.63, 3.8) is 0 Å². The molecule has 40 heavy (non-hydrogen) atoms. The van der Waals surface area contributed by atoms with Crippen LogP contribution >= 0.6 is 21.8 Å². The fraction of sp³-hybridized carbons (Fsp3) is 0.259. The molecule has 0 aliphatic carbocycles. The highest BCUT2D eigenvalue weighted by Gasteiger charge is 2.65. The molecule has 1 aliphatic heterocycles. The van der Waals surface area contributed by atoms with Gasteiger partial charge in [0.2, 0.25) is 0 Å². The summed E-state index contributed by atoms with van der Waals surface area (Å²) >= 11 is 6.12. The van der Waals surface area contributed by atoms with Gasteiger partial charge in [-0.2, -0.15) is 0 Å². The Morgan fingerprint density at radius 3 is 1.95 bits per heavy atom. The molecule has 1 fully saturated rings. The van der Waals surface area contributed by atoms with Crippen LogP contribution in [0.3, 0.4) is 0 Å². The third kappa shape index (κ3) is 5.97. The van der Waals surface area contributed by atoms with Crippen LogP contribution in [0, 0.1) is 0 Å². The number of aromatic nitrogens is 2. The van der Waals surface area contributed by atoms with E-state index >= 15 is 0 Å². The van der Waals surface area contributed by atoms with Crippen LogP contribution in [0.4, 0.5) is 30.8 Å². The molecule has 1 aliphatic rings. The number of rotatable bonds is 7. The smallest absolute Gasteiger partial charge is 0.310 e. The van der Waals surface area contributed by atoms with Crippen molar-refractivity contribution >= 4 is 44.8 Å². The summed E-state index contributed by atoms with van der Waals surface area (Å²) in [6, 6.07) is 14.3. The van der Waals surface area contributed by atoms with Crippen LogP contribution in [-0.2, 0) is 13.0 Å². The number of aryl methyl sites for hydroxylation is 1. The van der Waals surface area contributed by atoms with E-state index in [0.29, 0.717) is 79.0 Å². The third-order valence-electron chi connectivity index (χ3n) is 6.89. The number of nitrogens with one attached hydrogen (secondary N) is 1. The number of anilines is 2. The number of fused-ring (bicyclic) bond motifs is 1. The van der Waals surface area contributed by atoms with Crippen LogP contribution in [0.15, 0.2) is 71.8 Å². The second-order valence-corrected chi connectivity index (χ2v) is 12.5. The molecule has 2 aromatic heterocycles. The van der Waals surface area contributed by atoms with Crippen LogP contribution in [-0.4, -0.2) is 41.5 Å². The van der Waals surface area contributed by atoms with Gasteiger partial charge in [0.25, 0.3) is 5.91 Å². The van der Waals surface area contributed by atoms with Crippen molar-refractivity contribution < 1.29 is 24.2 Å². The number of nitrogens with zero attached hydrogens (tertiary/aromatic N) is 4. The predicted molar refractivity (Wildman–Crippen MR) is 149 cm³/mol. The molecule has 6 nitrogen and oxygen atoms in total. The minimum Gasteiger partial charge on any atom is -0.368 e. The summed E-state index contributed by atoms with van der Waals surface area (Å²) in [5.41, 5.74) is 4.13. The fourth-order valence-corrected chi connectivity index (χ4v) is 5.59. The molecule has 0 atom stereocenters. The first kappa shape index (κ1) is 28.0. The molecule has 0 radical (unpaired) electrons. The normalized spacial score (nSPS) is 16.1. The summed E-state index contributed by atoms with van der Waals surface area (Å²) < 4.78 is 66.7. The average molecular weight is 600 g/mol. The highest BCUT2D eigenvalue weighted by molar-refractivity contribution is 8.45. The number of amides is 1. The Labute approximate surface area is 233 Å². The zero-order valence-corrected chi connectivity index (χ0v) is 23.0. The van der Waals surface area contributed by atoms with Crippen molar-refractivity contribution in [2.75, 3.05) is 36.0 Å². The van der Waals surface area contributed by atoms with Gasteiger partial charge in [0.1, 0.15) is 16.2 Å². The number of benzene rings is 2. The molecular formula is C27H27ClF5N5OS. The van der Waals surface area contributed by atoms with Gasteiger partial charge in [0.05, 0.1) is 10.7 Å². The molecule has 1 amide bonds. The lowest BCUT2D eigenvalue weighted by Gasteiger charge is -2.41. The number of hydrogen-bond donors (Lipinski definition) is 1. The molecule has 13 heteroatoms. The second-order valence-electron chi connectivity index (χ2n) is 9.62. The lowest BCUT2D eigenvalue weighted by atomic mass is 10.1. The number of piperazine rings is 1. The Hall–Kier alpha value is -3.51. The third-order valence-corrected chi connectivity index (χ3v) is 8.27. The van der Waals surface area contributed by atoms with Crippen molar-refractivity contribution in [1.29, 1.82) is 0 Å². The molecule has 2 aromatic carbocycles. The Balaban J connectivity index is 1.18. The lowest BCUT2D eigenvalue weighted by molar-refractivity contribution is 0.0944. The summed E-state index contributed by atoms with van der Waals surface area (Å²) in [5, 5.41) is 3.45. The van der Waals surface area contributed by atoms with Gasteiger partial charge in [-0.05, 0) is 60.5 Å². The maximum atomic E-state index is 13.0. The van der Waals surface area contributed by atoms with Crippen molar-refractivity contribution in [3.05, 3.63) is 88.8 Å². The molecule has 1 saturated heterocycles. The van der Waals surface area contributed by atoms with Crippen LogP contribution < -0.4 is 15.1 Å². The number of imidazole rings is 1.